The molecule has 0 saturated carbocycles. The van der Waals surface area contributed by atoms with E-state index >= 15 is 0 Å². The van der Waals surface area contributed by atoms with Crippen LogP contribution in [0.4, 0.5) is 5.69 Å². The molecule has 0 aliphatic rings. The first-order chi connectivity index (χ1) is 14.9. The maximum Gasteiger partial charge on any atom is 0.341 e. The van der Waals surface area contributed by atoms with Crippen LogP contribution < -0.4 is 10.9 Å². The molecule has 0 bridgehead atoms. The second kappa shape index (κ2) is 7.94. The molecule has 0 spiro atoms. The van der Waals surface area contributed by atoms with Crippen molar-refractivity contribution in [2.24, 2.45) is 7.05 Å². The Kier molecular flexibility index (Phi) is 5.16. The Morgan fingerprint density at radius 1 is 1.13 bits per heavy atom. The molecule has 4 rings (SSSR count). The summed E-state index contributed by atoms with van der Waals surface area (Å²) >= 11 is 0. The Hall–Kier alpha value is -4.14. The minimum absolute atomic E-state index is 0.123. The van der Waals surface area contributed by atoms with Crippen LogP contribution in [0.5, 0.6) is 0 Å². The summed E-state index contributed by atoms with van der Waals surface area (Å²) in [5.74, 6) is -1.33. The molecule has 0 aliphatic heterocycles. The minimum atomic E-state index is -1.14. The van der Waals surface area contributed by atoms with Gasteiger partial charge in [-0.1, -0.05) is 24.3 Å². The Bertz CT molecular complexity index is 1330. The van der Waals surface area contributed by atoms with Crippen LogP contribution in [0.25, 0.3) is 16.8 Å². The molecule has 9 heteroatoms. The van der Waals surface area contributed by atoms with Gasteiger partial charge in [-0.3, -0.25) is 14.3 Å². The number of oxazole rings is 1. The fourth-order valence-electron chi connectivity index (χ4n) is 3.27. The molecule has 1 N–H and O–H groups in total. The molecule has 4 aromatic rings. The first-order valence-corrected chi connectivity index (χ1v) is 9.56. The predicted molar refractivity (Wildman–Crippen MR) is 113 cm³/mol. The quantitative estimate of drug-likeness (QED) is 0.498. The van der Waals surface area contributed by atoms with E-state index in [1.165, 1.54) is 24.1 Å². The number of hydrogen-bond donors (Lipinski definition) is 1. The SMILES string of the molecule is Cc1c(NC(=O)C(C)OC(=O)c2cccc3ocnc23)c(=O)n(-c2ccccc2)n1C. The highest BCUT2D eigenvalue weighted by atomic mass is 16.5. The molecule has 0 saturated heterocycles. The van der Waals surface area contributed by atoms with Gasteiger partial charge >= 0.3 is 5.97 Å². The van der Waals surface area contributed by atoms with E-state index in [0.29, 0.717) is 22.5 Å². The molecular weight excluding hydrogens is 400 g/mol. The number of nitrogens with one attached hydrogen (secondary N) is 1. The average molecular weight is 420 g/mol. The Balaban J connectivity index is 1.54. The second-order valence-electron chi connectivity index (χ2n) is 6.98. The van der Waals surface area contributed by atoms with Crippen LogP contribution in [0.3, 0.4) is 0 Å². The summed E-state index contributed by atoms with van der Waals surface area (Å²) in [4.78, 5) is 42.2. The number of rotatable bonds is 5. The summed E-state index contributed by atoms with van der Waals surface area (Å²) in [6.07, 6.45) is 0.0897. The van der Waals surface area contributed by atoms with E-state index in [-0.39, 0.29) is 16.8 Å². The minimum Gasteiger partial charge on any atom is -0.449 e. The largest absolute Gasteiger partial charge is 0.449 e. The average Bonchev–Trinajstić information content (AvgIpc) is 3.33. The maximum atomic E-state index is 12.9. The van der Waals surface area contributed by atoms with E-state index in [4.69, 9.17) is 9.15 Å². The zero-order valence-electron chi connectivity index (χ0n) is 17.2. The molecule has 9 nitrogen and oxygen atoms in total. The van der Waals surface area contributed by atoms with Gasteiger partial charge in [-0.2, -0.15) is 0 Å². The number of esters is 1. The first-order valence-electron chi connectivity index (χ1n) is 9.56. The molecule has 1 amide bonds. The lowest BCUT2D eigenvalue weighted by Crippen LogP contribution is -2.32. The number of amides is 1. The molecule has 2 aromatic carbocycles. The highest BCUT2D eigenvalue weighted by molar-refractivity contribution is 6.03. The van der Waals surface area contributed by atoms with Crippen LogP contribution in [-0.4, -0.2) is 32.3 Å². The summed E-state index contributed by atoms with van der Waals surface area (Å²) < 4.78 is 13.6. The van der Waals surface area contributed by atoms with Crippen LogP contribution in [0.2, 0.25) is 0 Å². The van der Waals surface area contributed by atoms with Crippen molar-refractivity contribution in [2.75, 3.05) is 5.32 Å². The van der Waals surface area contributed by atoms with Crippen molar-refractivity contribution in [1.29, 1.82) is 0 Å². The standard InChI is InChI=1S/C22H20N4O5/c1-13-18(21(28)26(25(13)3)15-8-5-4-6-9-15)24-20(27)14(2)31-22(29)16-10-7-11-17-19(16)23-12-30-17/h4-12,14H,1-3H3,(H,24,27). The van der Waals surface area contributed by atoms with Gasteiger partial charge in [0.2, 0.25) is 0 Å². The highest BCUT2D eigenvalue weighted by Gasteiger charge is 2.24. The number of fused-ring (bicyclic) bond motifs is 1. The van der Waals surface area contributed by atoms with Gasteiger partial charge in [-0.25, -0.2) is 14.5 Å². The van der Waals surface area contributed by atoms with Gasteiger partial charge in [0, 0.05) is 7.05 Å². The third-order valence-corrected chi connectivity index (χ3v) is 5.04. The predicted octanol–water partition coefficient (Wildman–Crippen LogP) is 2.81. The van der Waals surface area contributed by atoms with E-state index in [1.807, 2.05) is 18.2 Å². The number of anilines is 1. The van der Waals surface area contributed by atoms with Gasteiger partial charge in [0.25, 0.3) is 11.5 Å². The third kappa shape index (κ3) is 3.61. The van der Waals surface area contributed by atoms with E-state index in [1.54, 1.807) is 42.9 Å². The summed E-state index contributed by atoms with van der Waals surface area (Å²) in [7, 11) is 1.72. The lowest BCUT2D eigenvalue weighted by molar-refractivity contribution is -0.123. The van der Waals surface area contributed by atoms with Crippen LogP contribution in [0, 0.1) is 6.92 Å². The molecule has 0 radical (unpaired) electrons. The first kappa shape index (κ1) is 20.1. The Labute approximate surface area is 176 Å². The molecular formula is C22H20N4O5. The molecule has 158 valence electrons. The fourth-order valence-corrected chi connectivity index (χ4v) is 3.27. The second-order valence-corrected chi connectivity index (χ2v) is 6.98. The van der Waals surface area contributed by atoms with Gasteiger partial charge in [0.05, 0.1) is 16.9 Å². The van der Waals surface area contributed by atoms with Crippen molar-refractivity contribution in [3.8, 4) is 5.69 Å². The topological polar surface area (TPSA) is 108 Å². The number of para-hydroxylation sites is 2. The van der Waals surface area contributed by atoms with Crippen molar-refractivity contribution in [3.05, 3.63) is 76.5 Å². The number of hydrogen-bond acceptors (Lipinski definition) is 6. The normalized spacial score (nSPS) is 12.0. The Morgan fingerprint density at radius 3 is 2.61 bits per heavy atom. The molecule has 0 aliphatic carbocycles. The molecule has 0 fully saturated rings. The summed E-state index contributed by atoms with van der Waals surface area (Å²) in [6.45, 7) is 3.16. The van der Waals surface area contributed by atoms with Crippen molar-refractivity contribution >= 4 is 28.7 Å². The fraction of sp³-hybridized carbons (Fsp3) is 0.182. The van der Waals surface area contributed by atoms with Gasteiger partial charge in [0.1, 0.15) is 11.2 Å². The van der Waals surface area contributed by atoms with Gasteiger partial charge in [0.15, 0.2) is 18.1 Å². The van der Waals surface area contributed by atoms with Crippen LogP contribution in [0.15, 0.2) is 64.1 Å². The maximum absolute atomic E-state index is 12.9. The number of benzene rings is 2. The number of aromatic nitrogens is 3. The van der Waals surface area contributed by atoms with Crippen molar-refractivity contribution in [2.45, 2.75) is 20.0 Å². The zero-order chi connectivity index (χ0) is 22.1. The number of carbonyl (C=O) groups excluding carboxylic acids is 2. The van der Waals surface area contributed by atoms with Crippen molar-refractivity contribution < 1.29 is 18.7 Å². The summed E-state index contributed by atoms with van der Waals surface area (Å²) in [5, 5.41) is 2.59. The molecule has 2 heterocycles. The molecule has 31 heavy (non-hydrogen) atoms. The highest BCUT2D eigenvalue weighted by Crippen LogP contribution is 2.19. The molecule has 1 atom stereocenters. The van der Waals surface area contributed by atoms with Crippen molar-refractivity contribution in [3.63, 3.8) is 0 Å². The number of ether oxygens (including phenoxy) is 1. The number of carbonyl (C=O) groups is 2. The lowest BCUT2D eigenvalue weighted by atomic mass is 10.2. The molecule has 1 unspecified atom stereocenters. The zero-order valence-corrected chi connectivity index (χ0v) is 17.2. The van der Waals surface area contributed by atoms with Crippen LogP contribution in [-0.2, 0) is 16.6 Å². The summed E-state index contributed by atoms with van der Waals surface area (Å²) in [6, 6.07) is 13.9. The van der Waals surface area contributed by atoms with E-state index in [0.717, 1.165) is 0 Å². The number of nitrogens with zero attached hydrogens (tertiary/aromatic N) is 3. The Morgan fingerprint density at radius 2 is 1.87 bits per heavy atom. The summed E-state index contributed by atoms with van der Waals surface area (Å²) in [5.41, 5.74) is 1.95. The van der Waals surface area contributed by atoms with Gasteiger partial charge in [-0.15, -0.1) is 0 Å². The van der Waals surface area contributed by atoms with Crippen LogP contribution >= 0.6 is 0 Å². The van der Waals surface area contributed by atoms with E-state index in [9.17, 15) is 14.4 Å². The monoisotopic (exact) mass is 420 g/mol. The third-order valence-electron chi connectivity index (χ3n) is 5.04. The van der Waals surface area contributed by atoms with Crippen molar-refractivity contribution in [1.82, 2.24) is 14.3 Å². The van der Waals surface area contributed by atoms with E-state index < -0.39 is 18.0 Å². The van der Waals surface area contributed by atoms with Gasteiger partial charge in [-0.05, 0) is 38.1 Å². The molecule has 2 aromatic heterocycles. The van der Waals surface area contributed by atoms with Gasteiger partial charge < -0.3 is 14.5 Å². The smallest absolute Gasteiger partial charge is 0.341 e. The lowest BCUT2D eigenvalue weighted by Gasteiger charge is -2.13. The van der Waals surface area contributed by atoms with Crippen LogP contribution in [0.1, 0.15) is 23.0 Å². The van der Waals surface area contributed by atoms with E-state index in [2.05, 4.69) is 10.3 Å².